The van der Waals surface area contributed by atoms with Gasteiger partial charge in [0.15, 0.2) is 0 Å². The van der Waals surface area contributed by atoms with E-state index in [9.17, 15) is 4.79 Å². The maximum absolute atomic E-state index is 11.8. The summed E-state index contributed by atoms with van der Waals surface area (Å²) >= 11 is 0. The van der Waals surface area contributed by atoms with Crippen molar-refractivity contribution in [3.8, 4) is 11.5 Å². The highest BCUT2D eigenvalue weighted by Crippen LogP contribution is 2.59. The smallest absolute Gasteiger partial charge is 0.343 e. The first kappa shape index (κ1) is 14.1. The number of ether oxygens (including phenoxy) is 2. The van der Waals surface area contributed by atoms with Crippen molar-refractivity contribution in [3.63, 3.8) is 0 Å². The van der Waals surface area contributed by atoms with E-state index in [2.05, 4.69) is 29.3 Å². The van der Waals surface area contributed by atoms with E-state index >= 15 is 0 Å². The molecule has 24 heavy (non-hydrogen) atoms. The molecule has 5 rings (SSSR count). The summed E-state index contributed by atoms with van der Waals surface area (Å²) in [5.41, 5.74) is 2.55. The molecule has 2 heterocycles. The summed E-state index contributed by atoms with van der Waals surface area (Å²) in [6.07, 6.45) is 4.22. The number of hydrogen-bond acceptors (Lipinski definition) is 4. The van der Waals surface area contributed by atoms with Crippen LogP contribution in [-0.2, 0) is 5.41 Å². The second-order valence-electron chi connectivity index (χ2n) is 7.46. The topological polar surface area (TPSA) is 69.1 Å². The number of fused-ring (bicyclic) bond motifs is 2. The third-order valence-corrected chi connectivity index (χ3v) is 5.80. The van der Waals surface area contributed by atoms with E-state index in [1.807, 2.05) is 6.92 Å². The van der Waals surface area contributed by atoms with Gasteiger partial charge in [0, 0.05) is 29.9 Å². The number of benzene rings is 1. The van der Waals surface area contributed by atoms with Crippen LogP contribution in [-0.4, -0.2) is 27.5 Å². The Kier molecular flexibility index (Phi) is 2.74. The molecule has 1 spiro atoms. The second-order valence-corrected chi connectivity index (χ2v) is 7.46. The first-order valence-electron chi connectivity index (χ1n) is 8.64. The molecule has 0 saturated heterocycles. The first-order chi connectivity index (χ1) is 11.6. The molecule has 126 valence electrons. The number of aromatic nitrogens is 3. The molecule has 0 amide bonds. The Morgan fingerprint density at radius 3 is 2.79 bits per heavy atom. The van der Waals surface area contributed by atoms with Gasteiger partial charge in [-0.1, -0.05) is 6.07 Å². The van der Waals surface area contributed by atoms with Gasteiger partial charge >= 0.3 is 5.69 Å². The van der Waals surface area contributed by atoms with Gasteiger partial charge in [-0.15, -0.1) is 0 Å². The Morgan fingerprint density at radius 2 is 2.12 bits per heavy atom. The van der Waals surface area contributed by atoms with Crippen LogP contribution in [0.15, 0.2) is 16.9 Å². The van der Waals surface area contributed by atoms with Crippen LogP contribution < -0.4 is 15.2 Å². The van der Waals surface area contributed by atoms with Crippen molar-refractivity contribution in [3.05, 3.63) is 39.6 Å². The van der Waals surface area contributed by atoms with Gasteiger partial charge in [-0.05, 0) is 38.3 Å². The van der Waals surface area contributed by atoms with Gasteiger partial charge in [0.25, 0.3) is 0 Å². The summed E-state index contributed by atoms with van der Waals surface area (Å²) in [6.45, 7) is 4.74. The standard InChI is InChI=1S/C18H21N3O3/c1-10-3-4-14(15-16(10)23-9-18(15)5-6-18)24-13-7-12(8-13)21-11(2)19-20-17(21)22/h3-4,12-13H,5-9H2,1-2H3,(H,20,22). The van der Waals surface area contributed by atoms with Gasteiger partial charge in [0.05, 0.1) is 6.61 Å². The lowest BCUT2D eigenvalue weighted by Crippen LogP contribution is -2.39. The fraction of sp³-hybridized carbons (Fsp3) is 0.556. The first-order valence-corrected chi connectivity index (χ1v) is 8.64. The van der Waals surface area contributed by atoms with Crippen LogP contribution >= 0.6 is 0 Å². The van der Waals surface area contributed by atoms with Crippen LogP contribution in [0.1, 0.15) is 48.7 Å². The maximum atomic E-state index is 11.8. The Bertz CT molecular complexity index is 872. The molecule has 2 fully saturated rings. The molecule has 3 aliphatic rings. The number of aryl methyl sites for hydroxylation is 2. The average molecular weight is 327 g/mol. The van der Waals surface area contributed by atoms with Gasteiger partial charge in [0.1, 0.15) is 23.4 Å². The van der Waals surface area contributed by atoms with Gasteiger partial charge in [-0.25, -0.2) is 9.89 Å². The Balaban J connectivity index is 1.36. The molecule has 0 bridgehead atoms. The monoisotopic (exact) mass is 327 g/mol. The van der Waals surface area contributed by atoms with Crippen molar-refractivity contribution < 1.29 is 9.47 Å². The van der Waals surface area contributed by atoms with Crippen molar-refractivity contribution in [1.29, 1.82) is 0 Å². The van der Waals surface area contributed by atoms with Crippen LogP contribution in [0.5, 0.6) is 11.5 Å². The minimum absolute atomic E-state index is 0.127. The third-order valence-electron chi connectivity index (χ3n) is 5.80. The molecule has 1 N–H and O–H groups in total. The van der Waals surface area contributed by atoms with Gasteiger partial charge in [-0.2, -0.15) is 5.10 Å². The molecule has 0 unspecified atom stereocenters. The van der Waals surface area contributed by atoms with Crippen molar-refractivity contribution >= 4 is 0 Å². The summed E-state index contributed by atoms with van der Waals surface area (Å²) < 4.78 is 14.0. The highest BCUT2D eigenvalue weighted by atomic mass is 16.5. The number of hydrogen-bond donors (Lipinski definition) is 1. The van der Waals surface area contributed by atoms with E-state index < -0.39 is 0 Å². The van der Waals surface area contributed by atoms with Crippen molar-refractivity contribution in [2.24, 2.45) is 0 Å². The molecule has 1 aromatic carbocycles. The number of H-pyrrole nitrogens is 1. The zero-order valence-corrected chi connectivity index (χ0v) is 14.0. The number of aromatic amines is 1. The van der Waals surface area contributed by atoms with E-state index in [1.165, 1.54) is 24.0 Å². The molecular formula is C18H21N3O3. The van der Waals surface area contributed by atoms with Crippen LogP contribution in [0.2, 0.25) is 0 Å². The molecule has 1 aromatic heterocycles. The molecule has 6 heteroatoms. The van der Waals surface area contributed by atoms with Crippen LogP contribution in [0.4, 0.5) is 0 Å². The van der Waals surface area contributed by atoms with Crippen LogP contribution in [0, 0.1) is 13.8 Å². The summed E-state index contributed by atoms with van der Waals surface area (Å²) in [4.78, 5) is 11.8. The quantitative estimate of drug-likeness (QED) is 0.940. The highest BCUT2D eigenvalue weighted by Gasteiger charge is 2.53. The molecule has 2 aliphatic carbocycles. The van der Waals surface area contributed by atoms with Gasteiger partial charge in [-0.3, -0.25) is 4.57 Å². The number of nitrogens with zero attached hydrogens (tertiary/aromatic N) is 2. The molecule has 0 atom stereocenters. The maximum Gasteiger partial charge on any atom is 0.343 e. The van der Waals surface area contributed by atoms with Crippen LogP contribution in [0.25, 0.3) is 0 Å². The molecular weight excluding hydrogens is 306 g/mol. The van der Waals surface area contributed by atoms with E-state index in [0.29, 0.717) is 0 Å². The Morgan fingerprint density at radius 1 is 1.33 bits per heavy atom. The normalized spacial score (nSPS) is 25.9. The fourth-order valence-electron chi connectivity index (χ4n) is 4.12. The zero-order chi connectivity index (χ0) is 16.5. The van der Waals surface area contributed by atoms with E-state index in [-0.39, 0.29) is 23.3 Å². The lowest BCUT2D eigenvalue weighted by Gasteiger charge is -2.36. The number of rotatable bonds is 3. The Labute approximate surface area is 139 Å². The summed E-state index contributed by atoms with van der Waals surface area (Å²) in [5, 5.41) is 6.49. The minimum Gasteiger partial charge on any atom is -0.492 e. The average Bonchev–Trinajstić information content (AvgIpc) is 3.09. The minimum atomic E-state index is -0.127. The molecule has 0 radical (unpaired) electrons. The molecule has 2 saturated carbocycles. The predicted octanol–water partition coefficient (Wildman–Crippen LogP) is 2.39. The Hall–Kier alpha value is -2.24. The van der Waals surface area contributed by atoms with Gasteiger partial charge in [0.2, 0.25) is 0 Å². The number of nitrogens with one attached hydrogen (secondary N) is 1. The second kappa shape index (κ2) is 4.65. The van der Waals surface area contributed by atoms with Crippen LogP contribution in [0.3, 0.4) is 0 Å². The lowest BCUT2D eigenvalue weighted by atomic mass is 9.88. The van der Waals surface area contributed by atoms with Gasteiger partial charge < -0.3 is 9.47 Å². The summed E-state index contributed by atoms with van der Waals surface area (Å²) in [7, 11) is 0. The SMILES string of the molecule is Cc1ccc(OC2CC(n3c(C)n[nH]c3=O)C2)c2c1OCC21CC1. The molecule has 2 aromatic rings. The fourth-order valence-corrected chi connectivity index (χ4v) is 4.12. The zero-order valence-electron chi connectivity index (χ0n) is 14.0. The lowest BCUT2D eigenvalue weighted by molar-refractivity contribution is 0.0668. The van der Waals surface area contributed by atoms with Crippen molar-refractivity contribution in [1.82, 2.24) is 14.8 Å². The summed E-state index contributed by atoms with van der Waals surface area (Å²) in [6, 6.07) is 4.35. The van der Waals surface area contributed by atoms with E-state index in [1.54, 1.807) is 4.57 Å². The van der Waals surface area contributed by atoms with E-state index in [0.717, 1.165) is 36.8 Å². The van der Waals surface area contributed by atoms with Crippen molar-refractivity contribution in [2.75, 3.05) is 6.61 Å². The van der Waals surface area contributed by atoms with E-state index in [4.69, 9.17) is 9.47 Å². The summed E-state index contributed by atoms with van der Waals surface area (Å²) in [5.74, 6) is 2.75. The highest BCUT2D eigenvalue weighted by molar-refractivity contribution is 5.58. The predicted molar refractivity (Wildman–Crippen MR) is 87.9 cm³/mol. The largest absolute Gasteiger partial charge is 0.492 e. The molecule has 1 aliphatic heterocycles. The van der Waals surface area contributed by atoms with Crippen molar-refractivity contribution in [2.45, 2.75) is 57.1 Å². The molecule has 6 nitrogen and oxygen atoms in total. The third kappa shape index (κ3) is 1.88.